The Kier molecular flexibility index (Phi) is 11.1. The molecule has 0 spiro atoms. The summed E-state index contributed by atoms with van der Waals surface area (Å²) in [4.78, 5) is 23.9. The lowest BCUT2D eigenvalue weighted by molar-refractivity contribution is -0.338. The number of ether oxygens (including phenoxy) is 2. The molecule has 1 rings (SSSR count). The van der Waals surface area contributed by atoms with Crippen LogP contribution < -0.4 is 0 Å². The van der Waals surface area contributed by atoms with Crippen molar-refractivity contribution >= 4 is 11.9 Å². The monoisotopic (exact) mass is 406 g/mol. The highest BCUT2D eigenvalue weighted by Crippen LogP contribution is 2.29. The van der Waals surface area contributed by atoms with Crippen molar-refractivity contribution in [3.63, 3.8) is 0 Å². The summed E-state index contributed by atoms with van der Waals surface area (Å²) in [5.41, 5.74) is 0. The van der Waals surface area contributed by atoms with E-state index in [-0.39, 0.29) is 6.42 Å². The maximum Gasteiger partial charge on any atom is 0.377 e. The average molecular weight is 406 g/mol. The first-order valence-electron chi connectivity index (χ1n) is 10.1. The minimum atomic E-state index is -3.06. The third kappa shape index (κ3) is 7.06. The van der Waals surface area contributed by atoms with E-state index in [1.165, 1.54) is 25.7 Å². The number of hydrogen-bond donors (Lipinski definition) is 5. The molecule has 0 bridgehead atoms. The molecule has 0 amide bonds. The smallest absolute Gasteiger partial charge is 0.377 e. The molecule has 164 valence electrons. The van der Waals surface area contributed by atoms with Crippen LogP contribution >= 0.6 is 0 Å². The summed E-state index contributed by atoms with van der Waals surface area (Å²) in [5, 5.41) is 48.5. The van der Waals surface area contributed by atoms with E-state index in [9.17, 15) is 30.0 Å². The highest BCUT2D eigenvalue weighted by Gasteiger charge is 2.58. The predicted molar refractivity (Wildman–Crippen MR) is 97.9 cm³/mol. The van der Waals surface area contributed by atoms with Crippen molar-refractivity contribution in [2.75, 3.05) is 6.61 Å². The van der Waals surface area contributed by atoms with E-state index in [0.29, 0.717) is 6.42 Å². The van der Waals surface area contributed by atoms with Crippen molar-refractivity contribution in [1.29, 1.82) is 0 Å². The van der Waals surface area contributed by atoms with E-state index in [0.717, 1.165) is 25.7 Å². The number of aliphatic hydroxyl groups is 5. The molecule has 5 N–H and O–H groups in total. The molecular weight excluding hydrogens is 372 g/mol. The van der Waals surface area contributed by atoms with Gasteiger partial charge in [-0.2, -0.15) is 0 Å². The first-order chi connectivity index (χ1) is 13.3. The molecule has 1 aliphatic heterocycles. The van der Waals surface area contributed by atoms with Crippen LogP contribution in [0.2, 0.25) is 0 Å². The van der Waals surface area contributed by atoms with Gasteiger partial charge in [-0.3, -0.25) is 4.79 Å². The van der Waals surface area contributed by atoms with Gasteiger partial charge in [0, 0.05) is 6.42 Å². The van der Waals surface area contributed by atoms with Gasteiger partial charge in [-0.05, 0) is 6.42 Å². The van der Waals surface area contributed by atoms with Crippen molar-refractivity contribution in [2.24, 2.45) is 0 Å². The van der Waals surface area contributed by atoms with Crippen molar-refractivity contribution in [3.05, 3.63) is 0 Å². The summed E-state index contributed by atoms with van der Waals surface area (Å²) >= 11 is 0. The number of carbonyl (C=O) groups is 2. The van der Waals surface area contributed by atoms with Gasteiger partial charge in [-0.25, -0.2) is 4.79 Å². The van der Waals surface area contributed by atoms with Crippen molar-refractivity contribution < 1.29 is 44.6 Å². The lowest BCUT2D eigenvalue weighted by Gasteiger charge is -2.43. The Bertz CT molecular complexity index is 482. The van der Waals surface area contributed by atoms with Crippen LogP contribution in [0.4, 0.5) is 0 Å². The van der Waals surface area contributed by atoms with E-state index in [2.05, 4.69) is 11.7 Å². The van der Waals surface area contributed by atoms with Gasteiger partial charge in [-0.1, -0.05) is 58.3 Å². The molecule has 0 aromatic carbocycles. The maximum atomic E-state index is 12.1. The minimum absolute atomic E-state index is 0.0393. The fraction of sp³-hybridized carbons (Fsp3) is 0.895. The summed E-state index contributed by atoms with van der Waals surface area (Å²) in [7, 11) is 0. The van der Waals surface area contributed by atoms with Gasteiger partial charge >= 0.3 is 11.9 Å². The maximum absolute atomic E-state index is 12.1. The molecule has 0 aromatic heterocycles. The Balaban J connectivity index is 2.34. The van der Waals surface area contributed by atoms with E-state index < -0.39 is 48.7 Å². The van der Waals surface area contributed by atoms with Crippen LogP contribution in [-0.2, 0) is 19.1 Å². The molecular formula is C19H34O9. The van der Waals surface area contributed by atoms with E-state index in [1.807, 2.05) is 0 Å². The molecule has 0 aliphatic carbocycles. The molecule has 0 saturated carbocycles. The number of esters is 2. The summed E-state index contributed by atoms with van der Waals surface area (Å²) in [6, 6.07) is 0. The second-order valence-electron chi connectivity index (χ2n) is 7.30. The van der Waals surface area contributed by atoms with Crippen LogP contribution in [0, 0.1) is 0 Å². The van der Waals surface area contributed by atoms with Gasteiger partial charge in [0.25, 0.3) is 5.79 Å². The SMILES string of the molecule is CCCCCCCCCCCC(=O)OC(=O)C1(O)O[C@H](CO)[C@@H](O)[C@H](O)[C@H]1O. The number of unbranched alkanes of at least 4 members (excludes halogenated alkanes) is 8. The van der Waals surface area contributed by atoms with Gasteiger partial charge in [0.1, 0.15) is 24.4 Å². The fourth-order valence-corrected chi connectivity index (χ4v) is 3.13. The standard InChI is InChI=1S/C19H34O9/c1-2-3-4-5-6-7-8-9-10-11-14(21)27-18(25)19(26)17(24)16(23)15(22)13(12-20)28-19/h13,15-17,20,22-24,26H,2-12H2,1H3/t13-,15-,16+,17-,19?/m1/s1. The lowest BCUT2D eigenvalue weighted by atomic mass is 9.92. The minimum Gasteiger partial charge on any atom is -0.394 e. The van der Waals surface area contributed by atoms with Gasteiger partial charge in [0.2, 0.25) is 0 Å². The van der Waals surface area contributed by atoms with Gasteiger partial charge in [0.15, 0.2) is 0 Å². The van der Waals surface area contributed by atoms with Crippen LogP contribution in [0.15, 0.2) is 0 Å². The van der Waals surface area contributed by atoms with Crippen LogP contribution in [0.1, 0.15) is 71.1 Å². The Hall–Kier alpha value is -1.10. The molecule has 9 nitrogen and oxygen atoms in total. The van der Waals surface area contributed by atoms with Gasteiger partial charge < -0.3 is 35.0 Å². The second-order valence-corrected chi connectivity index (χ2v) is 7.30. The molecule has 1 unspecified atom stereocenters. The second kappa shape index (κ2) is 12.5. The molecule has 1 saturated heterocycles. The Labute approximate surface area is 165 Å². The van der Waals surface area contributed by atoms with E-state index in [4.69, 9.17) is 9.84 Å². The molecule has 28 heavy (non-hydrogen) atoms. The van der Waals surface area contributed by atoms with Crippen molar-refractivity contribution in [1.82, 2.24) is 0 Å². The predicted octanol–water partition coefficient (Wildman–Crippen LogP) is 0.139. The molecule has 0 radical (unpaired) electrons. The molecule has 1 heterocycles. The van der Waals surface area contributed by atoms with E-state index >= 15 is 0 Å². The zero-order valence-corrected chi connectivity index (χ0v) is 16.5. The Morgan fingerprint density at radius 1 is 0.929 bits per heavy atom. The van der Waals surface area contributed by atoms with Crippen LogP contribution in [-0.4, -0.2) is 74.3 Å². The number of rotatable bonds is 12. The summed E-state index contributed by atoms with van der Waals surface area (Å²) in [6.07, 6.45) is 1.96. The highest BCUT2D eigenvalue weighted by molar-refractivity contribution is 5.90. The van der Waals surface area contributed by atoms with Crippen molar-refractivity contribution in [3.8, 4) is 0 Å². The van der Waals surface area contributed by atoms with E-state index in [1.54, 1.807) is 0 Å². The number of aliphatic hydroxyl groups excluding tert-OH is 4. The third-order valence-electron chi connectivity index (χ3n) is 4.95. The fourth-order valence-electron chi connectivity index (χ4n) is 3.13. The largest absolute Gasteiger partial charge is 0.394 e. The number of hydrogen-bond acceptors (Lipinski definition) is 9. The first kappa shape index (κ1) is 24.9. The quantitative estimate of drug-likeness (QED) is 0.173. The zero-order valence-electron chi connectivity index (χ0n) is 16.5. The van der Waals surface area contributed by atoms with Crippen LogP contribution in [0.3, 0.4) is 0 Å². The van der Waals surface area contributed by atoms with Crippen LogP contribution in [0.5, 0.6) is 0 Å². The Morgan fingerprint density at radius 2 is 1.46 bits per heavy atom. The lowest BCUT2D eigenvalue weighted by Crippen LogP contribution is -2.68. The summed E-state index contributed by atoms with van der Waals surface area (Å²) in [6.45, 7) is 1.34. The van der Waals surface area contributed by atoms with Crippen LogP contribution in [0.25, 0.3) is 0 Å². The average Bonchev–Trinajstić information content (AvgIpc) is 2.67. The van der Waals surface area contributed by atoms with Crippen molar-refractivity contribution in [2.45, 2.75) is 101 Å². The first-order valence-corrected chi connectivity index (χ1v) is 10.1. The molecule has 5 atom stereocenters. The van der Waals surface area contributed by atoms with Gasteiger partial charge in [-0.15, -0.1) is 0 Å². The normalized spacial score (nSPS) is 30.2. The summed E-state index contributed by atoms with van der Waals surface area (Å²) in [5.74, 6) is -5.54. The third-order valence-corrected chi connectivity index (χ3v) is 4.95. The summed E-state index contributed by atoms with van der Waals surface area (Å²) < 4.78 is 9.32. The van der Waals surface area contributed by atoms with Gasteiger partial charge in [0.05, 0.1) is 6.61 Å². The zero-order chi connectivity index (χ0) is 21.2. The Morgan fingerprint density at radius 3 is 2.00 bits per heavy atom. The topological polar surface area (TPSA) is 154 Å². The molecule has 1 aliphatic rings. The number of carbonyl (C=O) groups excluding carboxylic acids is 2. The highest BCUT2D eigenvalue weighted by atomic mass is 16.7. The molecule has 0 aromatic rings. The molecule has 9 heteroatoms. The molecule has 1 fully saturated rings.